The summed E-state index contributed by atoms with van der Waals surface area (Å²) in [6.07, 6.45) is 4.02. The second kappa shape index (κ2) is 4.24. The highest BCUT2D eigenvalue weighted by atomic mass is 16.6. The van der Waals surface area contributed by atoms with Gasteiger partial charge in [0.05, 0.1) is 5.54 Å². The maximum absolute atomic E-state index is 5.84. The summed E-state index contributed by atoms with van der Waals surface area (Å²) in [5.74, 6) is 2.47. The van der Waals surface area contributed by atoms with E-state index in [9.17, 15) is 0 Å². The molecule has 20 heavy (non-hydrogen) atoms. The van der Waals surface area contributed by atoms with Crippen molar-refractivity contribution in [3.8, 4) is 11.5 Å². The zero-order chi connectivity index (χ0) is 13.6. The van der Waals surface area contributed by atoms with E-state index in [1.165, 1.54) is 0 Å². The van der Waals surface area contributed by atoms with Crippen molar-refractivity contribution in [2.75, 3.05) is 25.1 Å². The van der Waals surface area contributed by atoms with Gasteiger partial charge < -0.3 is 20.5 Å². The molecule has 0 spiro atoms. The smallest absolute Gasteiger partial charge is 0.162 e. The van der Waals surface area contributed by atoms with Crippen molar-refractivity contribution in [3.05, 3.63) is 24.4 Å². The number of hydrogen-bond donors (Lipinski definition) is 2. The lowest BCUT2D eigenvalue weighted by Crippen LogP contribution is -2.31. The van der Waals surface area contributed by atoms with E-state index in [2.05, 4.69) is 10.3 Å². The highest BCUT2D eigenvalue weighted by Gasteiger charge is 2.41. The van der Waals surface area contributed by atoms with Crippen molar-refractivity contribution < 1.29 is 9.47 Å². The van der Waals surface area contributed by atoms with E-state index in [1.807, 2.05) is 24.4 Å². The van der Waals surface area contributed by atoms with Gasteiger partial charge in [-0.05, 0) is 36.4 Å². The Balaban J connectivity index is 1.80. The number of nitrogens with two attached hydrogens (primary N) is 1. The van der Waals surface area contributed by atoms with E-state index in [0.717, 1.165) is 40.9 Å². The van der Waals surface area contributed by atoms with Gasteiger partial charge in [-0.15, -0.1) is 0 Å². The summed E-state index contributed by atoms with van der Waals surface area (Å²) >= 11 is 0. The van der Waals surface area contributed by atoms with Crippen LogP contribution in [0.15, 0.2) is 24.4 Å². The molecule has 1 fully saturated rings. The molecule has 5 heteroatoms. The van der Waals surface area contributed by atoms with Gasteiger partial charge in [0.2, 0.25) is 0 Å². The van der Waals surface area contributed by atoms with Crippen LogP contribution in [0, 0.1) is 0 Å². The van der Waals surface area contributed by atoms with Crippen molar-refractivity contribution in [1.29, 1.82) is 0 Å². The molecule has 2 heterocycles. The Hall–Kier alpha value is -2.01. The molecule has 0 saturated heterocycles. The number of pyridine rings is 1. The molecule has 0 bridgehead atoms. The molecule has 1 aliphatic carbocycles. The predicted octanol–water partition coefficient (Wildman–Crippen LogP) is 1.91. The summed E-state index contributed by atoms with van der Waals surface area (Å²) in [6.45, 7) is 1.83. The minimum atomic E-state index is 0.0363. The van der Waals surface area contributed by atoms with Gasteiger partial charge >= 0.3 is 0 Å². The van der Waals surface area contributed by atoms with Crippen LogP contribution in [0.5, 0.6) is 11.5 Å². The lowest BCUT2D eigenvalue weighted by atomic mass is 10.1. The fourth-order valence-corrected chi connectivity index (χ4v) is 2.59. The van der Waals surface area contributed by atoms with E-state index >= 15 is 0 Å². The monoisotopic (exact) mass is 271 g/mol. The molecule has 0 radical (unpaired) electrons. The molecule has 1 aromatic heterocycles. The lowest BCUT2D eigenvalue weighted by molar-refractivity contribution is 0.172. The van der Waals surface area contributed by atoms with Crippen LogP contribution in [0.1, 0.15) is 12.8 Å². The molecule has 1 saturated carbocycles. The first-order chi connectivity index (χ1) is 9.80. The Labute approximate surface area is 117 Å². The minimum Gasteiger partial charge on any atom is -0.486 e. The number of benzene rings is 1. The van der Waals surface area contributed by atoms with E-state index in [4.69, 9.17) is 15.2 Å². The van der Waals surface area contributed by atoms with Crippen molar-refractivity contribution in [2.45, 2.75) is 18.4 Å². The molecule has 0 amide bonds. The van der Waals surface area contributed by atoms with Crippen LogP contribution in [0.4, 0.5) is 5.82 Å². The highest BCUT2D eigenvalue weighted by Crippen LogP contribution is 2.41. The number of rotatable bonds is 3. The SMILES string of the molecule is NCC1(Nc2nccc3cc4c(cc23)OCCO4)CC1. The quantitative estimate of drug-likeness (QED) is 0.892. The predicted molar refractivity (Wildman–Crippen MR) is 77.4 cm³/mol. The van der Waals surface area contributed by atoms with Crippen LogP contribution >= 0.6 is 0 Å². The van der Waals surface area contributed by atoms with E-state index in [0.29, 0.717) is 19.8 Å². The summed E-state index contributed by atoms with van der Waals surface area (Å²) in [5, 5.41) is 5.65. The van der Waals surface area contributed by atoms with Gasteiger partial charge in [-0.3, -0.25) is 0 Å². The van der Waals surface area contributed by atoms with Gasteiger partial charge in [0.1, 0.15) is 19.0 Å². The fourth-order valence-electron chi connectivity index (χ4n) is 2.59. The third-order valence-corrected chi connectivity index (χ3v) is 4.06. The Morgan fingerprint density at radius 3 is 2.65 bits per heavy atom. The second-order valence-corrected chi connectivity index (χ2v) is 5.49. The van der Waals surface area contributed by atoms with Crippen molar-refractivity contribution in [2.24, 2.45) is 5.73 Å². The third-order valence-electron chi connectivity index (χ3n) is 4.06. The number of nitrogens with zero attached hydrogens (tertiary/aromatic N) is 1. The molecule has 3 N–H and O–H groups in total. The van der Waals surface area contributed by atoms with Gasteiger partial charge in [0.15, 0.2) is 11.5 Å². The summed E-state index contributed by atoms with van der Waals surface area (Å²) in [6, 6.07) is 6.01. The van der Waals surface area contributed by atoms with Crippen LogP contribution in [0.25, 0.3) is 10.8 Å². The van der Waals surface area contributed by atoms with Crippen molar-refractivity contribution in [1.82, 2.24) is 4.98 Å². The van der Waals surface area contributed by atoms with Crippen LogP contribution in [0.3, 0.4) is 0 Å². The van der Waals surface area contributed by atoms with E-state index in [1.54, 1.807) is 0 Å². The standard InChI is InChI=1S/C15H17N3O2/c16-9-15(2-3-15)18-14-11-8-13-12(19-5-6-20-13)7-10(11)1-4-17-14/h1,4,7-8H,2-3,5-6,9,16H2,(H,17,18). The molecule has 0 unspecified atom stereocenters. The summed E-state index contributed by atoms with van der Waals surface area (Å²) in [5.41, 5.74) is 5.87. The normalized spacial score (nSPS) is 18.9. The zero-order valence-electron chi connectivity index (χ0n) is 11.2. The molecule has 4 rings (SSSR count). The third kappa shape index (κ3) is 1.86. The lowest BCUT2D eigenvalue weighted by Gasteiger charge is -2.21. The average molecular weight is 271 g/mol. The van der Waals surface area contributed by atoms with Crippen molar-refractivity contribution >= 4 is 16.6 Å². The molecule has 2 aromatic rings. The Morgan fingerprint density at radius 1 is 1.20 bits per heavy atom. The molecule has 104 valence electrons. The van der Waals surface area contributed by atoms with Gasteiger partial charge in [0.25, 0.3) is 0 Å². The Bertz CT molecular complexity index is 667. The molecule has 1 aliphatic heterocycles. The molecule has 1 aromatic carbocycles. The maximum atomic E-state index is 5.84. The minimum absolute atomic E-state index is 0.0363. The van der Waals surface area contributed by atoms with Crippen molar-refractivity contribution in [3.63, 3.8) is 0 Å². The molecule has 0 atom stereocenters. The largest absolute Gasteiger partial charge is 0.486 e. The summed E-state index contributed by atoms with van der Waals surface area (Å²) in [4.78, 5) is 4.47. The maximum Gasteiger partial charge on any atom is 0.162 e. The number of aromatic nitrogens is 1. The van der Waals surface area contributed by atoms with Crippen LogP contribution in [-0.2, 0) is 0 Å². The molecule has 2 aliphatic rings. The van der Waals surface area contributed by atoms with Gasteiger partial charge in [-0.2, -0.15) is 0 Å². The molecular weight excluding hydrogens is 254 g/mol. The average Bonchev–Trinajstić information content (AvgIpc) is 3.26. The fraction of sp³-hybridized carbons (Fsp3) is 0.400. The summed E-state index contributed by atoms with van der Waals surface area (Å²) < 4.78 is 11.3. The van der Waals surface area contributed by atoms with E-state index < -0.39 is 0 Å². The Kier molecular flexibility index (Phi) is 2.50. The molecule has 5 nitrogen and oxygen atoms in total. The number of ether oxygens (including phenoxy) is 2. The second-order valence-electron chi connectivity index (χ2n) is 5.49. The number of nitrogens with one attached hydrogen (secondary N) is 1. The van der Waals surface area contributed by atoms with E-state index in [-0.39, 0.29) is 5.54 Å². The Morgan fingerprint density at radius 2 is 1.95 bits per heavy atom. The number of fused-ring (bicyclic) bond motifs is 2. The first-order valence-electron chi connectivity index (χ1n) is 6.96. The number of hydrogen-bond acceptors (Lipinski definition) is 5. The topological polar surface area (TPSA) is 69.4 Å². The van der Waals surface area contributed by atoms with Crippen LogP contribution in [0.2, 0.25) is 0 Å². The molecular formula is C15H17N3O2. The van der Waals surface area contributed by atoms with Crippen LogP contribution < -0.4 is 20.5 Å². The van der Waals surface area contributed by atoms with Gasteiger partial charge in [-0.25, -0.2) is 4.98 Å². The first kappa shape index (κ1) is 11.8. The zero-order valence-corrected chi connectivity index (χ0v) is 11.2. The first-order valence-corrected chi connectivity index (χ1v) is 6.96. The summed E-state index contributed by atoms with van der Waals surface area (Å²) in [7, 11) is 0. The van der Waals surface area contributed by atoms with Crippen LogP contribution in [-0.4, -0.2) is 30.3 Å². The number of anilines is 1. The highest BCUT2D eigenvalue weighted by molar-refractivity contribution is 5.94. The van der Waals surface area contributed by atoms with Gasteiger partial charge in [-0.1, -0.05) is 0 Å². The van der Waals surface area contributed by atoms with Gasteiger partial charge in [0, 0.05) is 18.1 Å².